The number of aromatic amines is 1. The van der Waals surface area contributed by atoms with Crippen LogP contribution in [0.3, 0.4) is 0 Å². The van der Waals surface area contributed by atoms with E-state index < -0.39 is 6.04 Å². The Labute approximate surface area is 151 Å². The van der Waals surface area contributed by atoms with Crippen molar-refractivity contribution in [2.45, 2.75) is 25.9 Å². The molecule has 6 heteroatoms. The van der Waals surface area contributed by atoms with Gasteiger partial charge in [-0.15, -0.1) is 0 Å². The number of para-hydroxylation sites is 1. The molecule has 0 aliphatic heterocycles. The lowest BCUT2D eigenvalue weighted by Gasteiger charge is -2.24. The molecule has 0 unspecified atom stereocenters. The van der Waals surface area contributed by atoms with Crippen LogP contribution in [0, 0.1) is 0 Å². The Balaban J connectivity index is 1.76. The number of benzene rings is 2. The number of nitrogens with two attached hydrogens (primary N) is 1. The van der Waals surface area contributed by atoms with Gasteiger partial charge in [0.1, 0.15) is 5.82 Å². The highest BCUT2D eigenvalue weighted by Crippen LogP contribution is 2.09. The summed E-state index contributed by atoms with van der Waals surface area (Å²) in [6.07, 6.45) is 0.470. The maximum absolute atomic E-state index is 12.7. The van der Waals surface area contributed by atoms with E-state index in [1.54, 1.807) is 23.1 Å². The SMILES string of the molecule is CCN(Cc1nc2ccccc2c(=O)[nH]1)C(=O)[C@@H](N)Cc1ccccc1. The number of fused-ring (bicyclic) bond motifs is 1. The molecule has 1 amide bonds. The van der Waals surface area contributed by atoms with E-state index in [0.717, 1.165) is 5.56 Å². The molecular formula is C20H22N4O2. The van der Waals surface area contributed by atoms with Crippen LogP contribution in [0.4, 0.5) is 0 Å². The molecule has 0 saturated heterocycles. The fourth-order valence-corrected chi connectivity index (χ4v) is 2.93. The van der Waals surface area contributed by atoms with Gasteiger partial charge in [0.2, 0.25) is 5.91 Å². The Morgan fingerprint density at radius 3 is 2.58 bits per heavy atom. The van der Waals surface area contributed by atoms with Crippen LogP contribution < -0.4 is 11.3 Å². The van der Waals surface area contributed by atoms with Crippen LogP contribution in [0.25, 0.3) is 10.9 Å². The number of likely N-dealkylation sites (N-methyl/N-ethyl adjacent to an activating group) is 1. The number of nitrogens with zero attached hydrogens (tertiary/aromatic N) is 2. The van der Waals surface area contributed by atoms with Crippen molar-refractivity contribution in [2.24, 2.45) is 5.73 Å². The largest absolute Gasteiger partial charge is 0.334 e. The third-order valence-corrected chi connectivity index (χ3v) is 4.31. The topological polar surface area (TPSA) is 92.1 Å². The van der Waals surface area contributed by atoms with Crippen LogP contribution in [0.2, 0.25) is 0 Å². The molecule has 0 aliphatic carbocycles. The Hall–Kier alpha value is -2.99. The lowest BCUT2D eigenvalue weighted by Crippen LogP contribution is -2.44. The summed E-state index contributed by atoms with van der Waals surface area (Å²) in [5.41, 5.74) is 7.54. The van der Waals surface area contributed by atoms with Crippen LogP contribution >= 0.6 is 0 Å². The van der Waals surface area contributed by atoms with E-state index in [0.29, 0.717) is 29.7 Å². The van der Waals surface area contributed by atoms with E-state index in [9.17, 15) is 9.59 Å². The number of H-pyrrole nitrogens is 1. The molecule has 0 radical (unpaired) electrons. The van der Waals surface area contributed by atoms with Gasteiger partial charge in [-0.2, -0.15) is 0 Å². The molecule has 2 aromatic carbocycles. The van der Waals surface area contributed by atoms with Gasteiger partial charge in [-0.3, -0.25) is 9.59 Å². The van der Waals surface area contributed by atoms with Crippen LogP contribution in [0.5, 0.6) is 0 Å². The first-order chi connectivity index (χ1) is 12.6. The maximum atomic E-state index is 12.7. The molecule has 6 nitrogen and oxygen atoms in total. The van der Waals surface area contributed by atoms with E-state index in [4.69, 9.17) is 5.73 Å². The molecular weight excluding hydrogens is 328 g/mol. The average Bonchev–Trinajstić information content (AvgIpc) is 2.66. The molecule has 0 spiro atoms. The molecule has 0 bridgehead atoms. The predicted molar refractivity (Wildman–Crippen MR) is 102 cm³/mol. The van der Waals surface area contributed by atoms with Crippen LogP contribution in [-0.4, -0.2) is 33.4 Å². The number of rotatable bonds is 6. The number of amides is 1. The lowest BCUT2D eigenvalue weighted by atomic mass is 10.1. The third kappa shape index (κ3) is 3.97. The van der Waals surface area contributed by atoms with Crippen molar-refractivity contribution in [3.63, 3.8) is 0 Å². The highest BCUT2D eigenvalue weighted by molar-refractivity contribution is 5.82. The first kappa shape index (κ1) is 17.8. The van der Waals surface area contributed by atoms with Crippen molar-refractivity contribution in [1.29, 1.82) is 0 Å². The minimum atomic E-state index is -0.635. The van der Waals surface area contributed by atoms with Gasteiger partial charge in [-0.25, -0.2) is 4.98 Å². The van der Waals surface area contributed by atoms with E-state index >= 15 is 0 Å². The molecule has 134 valence electrons. The standard InChI is InChI=1S/C20H22N4O2/c1-2-24(20(26)16(21)12-14-8-4-3-5-9-14)13-18-22-17-11-7-6-10-15(17)19(25)23-18/h3-11,16H,2,12-13,21H2,1H3,(H,22,23,25)/t16-/m0/s1. The summed E-state index contributed by atoms with van der Waals surface area (Å²) in [4.78, 5) is 33.7. The number of carbonyl (C=O) groups is 1. The van der Waals surface area contributed by atoms with Crippen molar-refractivity contribution < 1.29 is 4.79 Å². The van der Waals surface area contributed by atoms with Crippen LogP contribution in [-0.2, 0) is 17.8 Å². The molecule has 0 fully saturated rings. The van der Waals surface area contributed by atoms with Gasteiger partial charge in [-0.05, 0) is 31.0 Å². The van der Waals surface area contributed by atoms with E-state index in [1.807, 2.05) is 43.3 Å². The number of carbonyl (C=O) groups excluding carboxylic acids is 1. The Morgan fingerprint density at radius 2 is 1.85 bits per heavy atom. The van der Waals surface area contributed by atoms with Gasteiger partial charge in [0.25, 0.3) is 5.56 Å². The highest BCUT2D eigenvalue weighted by Gasteiger charge is 2.21. The van der Waals surface area contributed by atoms with Gasteiger partial charge in [-0.1, -0.05) is 42.5 Å². The average molecular weight is 350 g/mol. The number of hydrogen-bond acceptors (Lipinski definition) is 4. The zero-order valence-corrected chi connectivity index (χ0v) is 14.7. The molecule has 1 heterocycles. The monoisotopic (exact) mass is 350 g/mol. The zero-order valence-electron chi connectivity index (χ0n) is 14.7. The number of hydrogen-bond donors (Lipinski definition) is 2. The fourth-order valence-electron chi connectivity index (χ4n) is 2.93. The third-order valence-electron chi connectivity index (χ3n) is 4.31. The molecule has 1 aromatic heterocycles. The van der Waals surface area contributed by atoms with E-state index in [2.05, 4.69) is 9.97 Å². The molecule has 3 aromatic rings. The lowest BCUT2D eigenvalue weighted by molar-refractivity contribution is -0.133. The van der Waals surface area contributed by atoms with Gasteiger partial charge in [0.15, 0.2) is 0 Å². The van der Waals surface area contributed by atoms with Crippen LogP contribution in [0.1, 0.15) is 18.3 Å². The molecule has 3 N–H and O–H groups in total. The smallest absolute Gasteiger partial charge is 0.258 e. The second kappa shape index (κ2) is 7.93. The molecule has 3 rings (SSSR count). The number of nitrogens with one attached hydrogen (secondary N) is 1. The summed E-state index contributed by atoms with van der Waals surface area (Å²) in [6.45, 7) is 2.59. The normalized spacial score (nSPS) is 12.1. The second-order valence-electron chi connectivity index (χ2n) is 6.18. The van der Waals surface area contributed by atoms with Gasteiger partial charge in [0, 0.05) is 6.54 Å². The summed E-state index contributed by atoms with van der Waals surface area (Å²) in [5.74, 6) is 0.294. The summed E-state index contributed by atoms with van der Waals surface area (Å²) in [7, 11) is 0. The van der Waals surface area contributed by atoms with Crippen molar-refractivity contribution >= 4 is 16.8 Å². The summed E-state index contributed by atoms with van der Waals surface area (Å²) in [5, 5.41) is 0.534. The predicted octanol–water partition coefficient (Wildman–Crippen LogP) is 1.84. The van der Waals surface area contributed by atoms with E-state index in [-0.39, 0.29) is 18.0 Å². The second-order valence-corrected chi connectivity index (χ2v) is 6.18. The van der Waals surface area contributed by atoms with Crippen molar-refractivity contribution in [2.75, 3.05) is 6.54 Å². The van der Waals surface area contributed by atoms with Crippen molar-refractivity contribution in [3.05, 3.63) is 76.3 Å². The first-order valence-corrected chi connectivity index (χ1v) is 8.64. The summed E-state index contributed by atoms with van der Waals surface area (Å²) >= 11 is 0. The highest BCUT2D eigenvalue weighted by atomic mass is 16.2. The van der Waals surface area contributed by atoms with Gasteiger partial charge >= 0.3 is 0 Å². The quantitative estimate of drug-likeness (QED) is 0.709. The van der Waals surface area contributed by atoms with E-state index in [1.165, 1.54) is 0 Å². The molecule has 0 saturated carbocycles. The fraction of sp³-hybridized carbons (Fsp3) is 0.250. The molecule has 0 aliphatic rings. The van der Waals surface area contributed by atoms with Crippen molar-refractivity contribution in [3.8, 4) is 0 Å². The Morgan fingerprint density at radius 1 is 1.15 bits per heavy atom. The first-order valence-electron chi connectivity index (χ1n) is 8.64. The van der Waals surface area contributed by atoms with Crippen LogP contribution in [0.15, 0.2) is 59.4 Å². The molecule has 1 atom stereocenters. The summed E-state index contributed by atoms with van der Waals surface area (Å²) in [6, 6.07) is 16.2. The maximum Gasteiger partial charge on any atom is 0.258 e. The zero-order chi connectivity index (χ0) is 18.5. The van der Waals surface area contributed by atoms with Gasteiger partial charge in [0.05, 0.1) is 23.5 Å². The minimum absolute atomic E-state index is 0.160. The van der Waals surface area contributed by atoms with Gasteiger partial charge < -0.3 is 15.6 Å². The minimum Gasteiger partial charge on any atom is -0.334 e. The Bertz CT molecular complexity index is 953. The molecule has 26 heavy (non-hydrogen) atoms. The van der Waals surface area contributed by atoms with Crippen molar-refractivity contribution in [1.82, 2.24) is 14.9 Å². The Kier molecular flexibility index (Phi) is 5.43. The summed E-state index contributed by atoms with van der Waals surface area (Å²) < 4.78 is 0. The number of aromatic nitrogens is 2.